The van der Waals surface area contributed by atoms with E-state index in [9.17, 15) is 13.2 Å². The van der Waals surface area contributed by atoms with Gasteiger partial charge in [0.25, 0.3) is 15.9 Å². The molecule has 156 valence electrons. The summed E-state index contributed by atoms with van der Waals surface area (Å²) < 4.78 is 28.2. The maximum absolute atomic E-state index is 12.8. The molecule has 2 aromatic carbocycles. The standard InChI is InChI=1S/C22H27ClN2O3S/c1-16-9-12-19(13-10-16)25-29(27,28)21-15-17(11-14-20(21)23)22(26)24-18-7-5-3-2-4-6-8-18/h9-15,18,25H,2-8H2,1H3,(H,24,26). The fraction of sp³-hybridized carbons (Fsp3) is 0.409. The van der Waals surface area contributed by atoms with Gasteiger partial charge in [-0.15, -0.1) is 0 Å². The van der Waals surface area contributed by atoms with Gasteiger partial charge in [-0.25, -0.2) is 8.42 Å². The van der Waals surface area contributed by atoms with Gasteiger partial charge in [-0.05, 0) is 50.1 Å². The van der Waals surface area contributed by atoms with Crippen molar-refractivity contribution in [3.05, 3.63) is 58.6 Å². The van der Waals surface area contributed by atoms with Crippen LogP contribution in [0.4, 0.5) is 5.69 Å². The molecule has 0 bridgehead atoms. The molecule has 1 aliphatic rings. The van der Waals surface area contributed by atoms with E-state index in [1.54, 1.807) is 18.2 Å². The van der Waals surface area contributed by atoms with E-state index >= 15 is 0 Å². The van der Waals surface area contributed by atoms with Crippen LogP contribution in [0, 0.1) is 6.92 Å². The summed E-state index contributed by atoms with van der Waals surface area (Å²) in [6.45, 7) is 1.92. The quantitative estimate of drug-likeness (QED) is 0.671. The van der Waals surface area contributed by atoms with Crippen molar-refractivity contribution in [2.75, 3.05) is 4.72 Å². The first kappa shape index (κ1) is 21.7. The lowest BCUT2D eigenvalue weighted by atomic mass is 9.96. The molecule has 5 nitrogen and oxygen atoms in total. The summed E-state index contributed by atoms with van der Waals surface area (Å²) >= 11 is 6.16. The highest BCUT2D eigenvalue weighted by atomic mass is 35.5. The van der Waals surface area contributed by atoms with Crippen molar-refractivity contribution < 1.29 is 13.2 Å². The Bertz CT molecular complexity index is 951. The highest BCUT2D eigenvalue weighted by Crippen LogP contribution is 2.26. The Morgan fingerprint density at radius 3 is 2.24 bits per heavy atom. The first-order valence-electron chi connectivity index (χ1n) is 10.0. The predicted octanol–water partition coefficient (Wildman–Crippen LogP) is 5.29. The molecular formula is C22H27ClN2O3S. The Labute approximate surface area is 177 Å². The summed E-state index contributed by atoms with van der Waals surface area (Å²) in [4.78, 5) is 12.6. The Balaban J connectivity index is 1.77. The minimum Gasteiger partial charge on any atom is -0.349 e. The third-order valence-electron chi connectivity index (χ3n) is 5.23. The van der Waals surface area contributed by atoms with E-state index < -0.39 is 10.0 Å². The van der Waals surface area contributed by atoms with E-state index in [1.807, 2.05) is 19.1 Å². The molecule has 0 aliphatic heterocycles. The van der Waals surface area contributed by atoms with E-state index in [1.165, 1.54) is 31.4 Å². The second kappa shape index (κ2) is 9.63. The molecule has 1 fully saturated rings. The molecule has 3 rings (SSSR count). The molecule has 0 heterocycles. The van der Waals surface area contributed by atoms with Crippen molar-refractivity contribution in [3.63, 3.8) is 0 Å². The number of hydrogen-bond donors (Lipinski definition) is 2. The summed E-state index contributed by atoms with van der Waals surface area (Å²) in [5, 5.41) is 3.14. The smallest absolute Gasteiger partial charge is 0.263 e. The molecule has 1 aliphatic carbocycles. The summed E-state index contributed by atoms with van der Waals surface area (Å²) in [6.07, 6.45) is 7.77. The van der Waals surface area contributed by atoms with Crippen molar-refractivity contribution >= 4 is 33.2 Å². The monoisotopic (exact) mass is 434 g/mol. The first-order valence-corrected chi connectivity index (χ1v) is 11.9. The molecule has 2 aromatic rings. The molecule has 0 saturated heterocycles. The van der Waals surface area contributed by atoms with E-state index in [-0.39, 0.29) is 21.9 Å². The summed E-state index contributed by atoms with van der Waals surface area (Å²) in [5.74, 6) is -0.265. The molecular weight excluding hydrogens is 408 g/mol. The first-order chi connectivity index (χ1) is 13.8. The highest BCUT2D eigenvalue weighted by molar-refractivity contribution is 7.92. The minimum atomic E-state index is -3.92. The number of anilines is 1. The average molecular weight is 435 g/mol. The number of rotatable bonds is 5. The van der Waals surface area contributed by atoms with Gasteiger partial charge in [-0.2, -0.15) is 0 Å². The Morgan fingerprint density at radius 2 is 1.59 bits per heavy atom. The molecule has 1 saturated carbocycles. The van der Waals surface area contributed by atoms with Gasteiger partial charge in [-0.3, -0.25) is 9.52 Å². The lowest BCUT2D eigenvalue weighted by molar-refractivity contribution is 0.0930. The van der Waals surface area contributed by atoms with Crippen LogP contribution in [0.1, 0.15) is 60.9 Å². The van der Waals surface area contributed by atoms with Crippen molar-refractivity contribution in [2.45, 2.75) is 62.8 Å². The molecule has 0 atom stereocenters. The molecule has 7 heteroatoms. The molecule has 0 radical (unpaired) electrons. The van der Waals surface area contributed by atoms with Crippen molar-refractivity contribution in [1.82, 2.24) is 5.32 Å². The number of nitrogens with one attached hydrogen (secondary N) is 2. The lowest BCUT2D eigenvalue weighted by Gasteiger charge is -2.21. The number of carbonyl (C=O) groups is 1. The number of carbonyl (C=O) groups excluding carboxylic acids is 1. The summed E-state index contributed by atoms with van der Waals surface area (Å²) in [5.41, 5.74) is 1.76. The van der Waals surface area contributed by atoms with Crippen molar-refractivity contribution in [1.29, 1.82) is 0 Å². The van der Waals surface area contributed by atoms with E-state index in [2.05, 4.69) is 10.0 Å². The van der Waals surface area contributed by atoms with E-state index in [0.29, 0.717) is 11.3 Å². The van der Waals surface area contributed by atoms with Crippen LogP contribution in [0.25, 0.3) is 0 Å². The van der Waals surface area contributed by atoms with Crippen LogP contribution in [0.15, 0.2) is 47.4 Å². The van der Waals surface area contributed by atoms with Crippen LogP contribution in [-0.2, 0) is 10.0 Å². The van der Waals surface area contributed by atoms with Gasteiger partial charge in [0.15, 0.2) is 0 Å². The third kappa shape index (κ3) is 5.97. The second-order valence-electron chi connectivity index (χ2n) is 7.63. The third-order valence-corrected chi connectivity index (χ3v) is 7.09. The summed E-state index contributed by atoms with van der Waals surface area (Å²) in [6, 6.07) is 11.5. The molecule has 29 heavy (non-hydrogen) atoms. The maximum atomic E-state index is 12.8. The Kier molecular flexibility index (Phi) is 7.19. The average Bonchev–Trinajstić information content (AvgIpc) is 2.65. The van der Waals surface area contributed by atoms with Gasteiger partial charge in [0.2, 0.25) is 0 Å². The molecule has 0 unspecified atom stereocenters. The maximum Gasteiger partial charge on any atom is 0.263 e. The van der Waals surface area contributed by atoms with Gasteiger partial charge in [0.1, 0.15) is 4.90 Å². The van der Waals surface area contributed by atoms with Gasteiger partial charge in [-0.1, -0.05) is 61.4 Å². The number of halogens is 1. The summed E-state index contributed by atoms with van der Waals surface area (Å²) in [7, 11) is -3.92. The van der Waals surface area contributed by atoms with Gasteiger partial charge >= 0.3 is 0 Å². The van der Waals surface area contributed by atoms with Gasteiger partial charge in [0.05, 0.1) is 5.02 Å². The fourth-order valence-electron chi connectivity index (χ4n) is 3.55. The van der Waals surface area contributed by atoms with Gasteiger partial charge in [0, 0.05) is 17.3 Å². The SMILES string of the molecule is Cc1ccc(NS(=O)(=O)c2cc(C(=O)NC3CCCCCCC3)ccc2Cl)cc1. The van der Waals surface area contributed by atoms with E-state index in [4.69, 9.17) is 11.6 Å². The lowest BCUT2D eigenvalue weighted by Crippen LogP contribution is -2.35. The molecule has 0 aromatic heterocycles. The largest absolute Gasteiger partial charge is 0.349 e. The zero-order valence-corrected chi connectivity index (χ0v) is 18.2. The Morgan fingerprint density at radius 1 is 0.966 bits per heavy atom. The molecule has 0 spiro atoms. The van der Waals surface area contributed by atoms with Crippen LogP contribution in [-0.4, -0.2) is 20.4 Å². The van der Waals surface area contributed by atoms with Crippen LogP contribution < -0.4 is 10.0 Å². The number of benzene rings is 2. The number of aryl methyl sites for hydroxylation is 1. The van der Waals surface area contributed by atoms with Crippen LogP contribution in [0.2, 0.25) is 5.02 Å². The van der Waals surface area contributed by atoms with Crippen LogP contribution >= 0.6 is 11.6 Å². The topological polar surface area (TPSA) is 75.3 Å². The van der Waals surface area contributed by atoms with E-state index in [0.717, 1.165) is 31.2 Å². The number of hydrogen-bond acceptors (Lipinski definition) is 3. The Hall–Kier alpha value is -2.05. The van der Waals surface area contributed by atoms with Crippen molar-refractivity contribution in [3.8, 4) is 0 Å². The van der Waals surface area contributed by atoms with Gasteiger partial charge < -0.3 is 5.32 Å². The zero-order valence-electron chi connectivity index (χ0n) is 16.6. The number of amides is 1. The van der Waals surface area contributed by atoms with Crippen LogP contribution in [0.3, 0.4) is 0 Å². The normalized spacial score (nSPS) is 15.9. The molecule has 1 amide bonds. The highest BCUT2D eigenvalue weighted by Gasteiger charge is 2.22. The zero-order chi connectivity index (χ0) is 20.9. The number of sulfonamides is 1. The second-order valence-corrected chi connectivity index (χ2v) is 9.69. The van der Waals surface area contributed by atoms with Crippen LogP contribution in [0.5, 0.6) is 0 Å². The van der Waals surface area contributed by atoms with Crippen molar-refractivity contribution in [2.24, 2.45) is 0 Å². The minimum absolute atomic E-state index is 0.0760. The predicted molar refractivity (Wildman–Crippen MR) is 117 cm³/mol. The fourth-order valence-corrected chi connectivity index (χ4v) is 5.14. The molecule has 2 N–H and O–H groups in total.